The molecule has 2 fully saturated rings. The standard InChI is InChI=1S/C15H19N3O2.ClH/c16-14(19)10-2-1-3-11(8-10)15(20)18-12-4-5-13(18)9-17-7-6-12;/h1-3,8,12-13,17H,4-7,9H2,(H2,16,19);1H. The number of benzene rings is 1. The van der Waals surface area contributed by atoms with Gasteiger partial charge in [0.1, 0.15) is 0 Å². The Bertz CT molecular complexity index is 535. The van der Waals surface area contributed by atoms with Crippen LogP contribution in [0.15, 0.2) is 24.3 Å². The summed E-state index contributed by atoms with van der Waals surface area (Å²) in [7, 11) is 0. The second kappa shape index (κ2) is 6.45. The van der Waals surface area contributed by atoms with Crippen LogP contribution in [-0.4, -0.2) is 41.9 Å². The molecule has 0 radical (unpaired) electrons. The first-order chi connectivity index (χ1) is 9.66. The quantitative estimate of drug-likeness (QED) is 0.861. The number of hydrogen-bond acceptors (Lipinski definition) is 3. The lowest BCUT2D eigenvalue weighted by molar-refractivity contribution is 0.0680. The summed E-state index contributed by atoms with van der Waals surface area (Å²) in [5, 5.41) is 3.38. The van der Waals surface area contributed by atoms with Gasteiger partial charge in [-0.15, -0.1) is 12.4 Å². The Hall–Kier alpha value is -1.59. The van der Waals surface area contributed by atoms with E-state index in [2.05, 4.69) is 5.32 Å². The van der Waals surface area contributed by atoms with Crippen LogP contribution in [0.3, 0.4) is 0 Å². The highest BCUT2D eigenvalue weighted by atomic mass is 35.5. The molecule has 114 valence electrons. The molecule has 6 heteroatoms. The van der Waals surface area contributed by atoms with E-state index in [1.54, 1.807) is 24.3 Å². The average Bonchev–Trinajstić information content (AvgIpc) is 2.71. The number of amides is 2. The van der Waals surface area contributed by atoms with Gasteiger partial charge in [-0.1, -0.05) is 6.07 Å². The van der Waals surface area contributed by atoms with Crippen molar-refractivity contribution in [2.24, 2.45) is 5.73 Å². The third-order valence-corrected chi connectivity index (χ3v) is 4.28. The molecule has 2 bridgehead atoms. The number of rotatable bonds is 2. The predicted molar refractivity (Wildman–Crippen MR) is 82.7 cm³/mol. The molecule has 2 saturated heterocycles. The van der Waals surface area contributed by atoms with Gasteiger partial charge in [0.05, 0.1) is 0 Å². The summed E-state index contributed by atoms with van der Waals surface area (Å²) in [6.07, 6.45) is 3.13. The zero-order chi connectivity index (χ0) is 14.1. The van der Waals surface area contributed by atoms with Crippen molar-refractivity contribution in [3.05, 3.63) is 35.4 Å². The van der Waals surface area contributed by atoms with Crippen LogP contribution in [0, 0.1) is 0 Å². The fraction of sp³-hybridized carbons (Fsp3) is 0.467. The van der Waals surface area contributed by atoms with Gasteiger partial charge in [-0.05, 0) is 44.0 Å². The molecule has 2 atom stereocenters. The Kier molecular flexibility index (Phi) is 4.85. The van der Waals surface area contributed by atoms with Crippen molar-refractivity contribution in [3.63, 3.8) is 0 Å². The van der Waals surface area contributed by atoms with Crippen LogP contribution in [0.4, 0.5) is 0 Å². The maximum atomic E-state index is 12.7. The van der Waals surface area contributed by atoms with E-state index in [0.717, 1.165) is 32.4 Å². The number of halogens is 1. The second-order valence-corrected chi connectivity index (χ2v) is 5.54. The van der Waals surface area contributed by atoms with E-state index >= 15 is 0 Å². The summed E-state index contributed by atoms with van der Waals surface area (Å²) in [6, 6.07) is 7.30. The number of nitrogens with one attached hydrogen (secondary N) is 1. The van der Waals surface area contributed by atoms with E-state index in [-0.39, 0.29) is 24.4 Å². The van der Waals surface area contributed by atoms with Gasteiger partial charge in [-0.3, -0.25) is 9.59 Å². The molecule has 2 amide bonds. The van der Waals surface area contributed by atoms with Gasteiger partial charge in [-0.25, -0.2) is 0 Å². The highest BCUT2D eigenvalue weighted by Crippen LogP contribution is 2.29. The molecule has 0 spiro atoms. The second-order valence-electron chi connectivity index (χ2n) is 5.54. The Morgan fingerprint density at radius 1 is 1.14 bits per heavy atom. The number of nitrogens with zero attached hydrogens (tertiary/aromatic N) is 1. The van der Waals surface area contributed by atoms with E-state index in [0.29, 0.717) is 17.2 Å². The smallest absolute Gasteiger partial charge is 0.254 e. The topological polar surface area (TPSA) is 75.4 Å². The van der Waals surface area contributed by atoms with E-state index in [1.807, 2.05) is 4.90 Å². The van der Waals surface area contributed by atoms with Gasteiger partial charge >= 0.3 is 0 Å². The van der Waals surface area contributed by atoms with Crippen molar-refractivity contribution >= 4 is 24.2 Å². The summed E-state index contributed by atoms with van der Waals surface area (Å²) >= 11 is 0. The molecule has 21 heavy (non-hydrogen) atoms. The lowest BCUT2D eigenvalue weighted by atomic mass is 10.1. The van der Waals surface area contributed by atoms with Crippen molar-refractivity contribution in [1.29, 1.82) is 0 Å². The first kappa shape index (κ1) is 15.8. The molecule has 0 aliphatic carbocycles. The average molecular weight is 310 g/mol. The lowest BCUT2D eigenvalue weighted by Crippen LogP contribution is -2.42. The largest absolute Gasteiger partial charge is 0.366 e. The number of primary amides is 1. The SMILES string of the molecule is Cl.NC(=O)c1cccc(C(=O)N2C3CCNCC2CC3)c1. The summed E-state index contributed by atoms with van der Waals surface area (Å²) < 4.78 is 0. The zero-order valence-electron chi connectivity index (χ0n) is 11.7. The van der Waals surface area contributed by atoms with Crippen molar-refractivity contribution in [2.45, 2.75) is 31.3 Å². The molecule has 3 rings (SSSR count). The number of carbonyl (C=O) groups is 2. The van der Waals surface area contributed by atoms with Crippen molar-refractivity contribution in [2.75, 3.05) is 13.1 Å². The van der Waals surface area contributed by atoms with Crippen molar-refractivity contribution in [3.8, 4) is 0 Å². The molecule has 1 aromatic rings. The van der Waals surface area contributed by atoms with Gasteiger partial charge in [0.2, 0.25) is 5.91 Å². The van der Waals surface area contributed by atoms with Crippen LogP contribution < -0.4 is 11.1 Å². The molecule has 3 N–H and O–H groups in total. The van der Waals surface area contributed by atoms with Crippen molar-refractivity contribution in [1.82, 2.24) is 10.2 Å². The van der Waals surface area contributed by atoms with Crippen LogP contribution in [0.5, 0.6) is 0 Å². The molecule has 2 aliphatic heterocycles. The Labute approximate surface area is 130 Å². The fourth-order valence-corrected chi connectivity index (χ4v) is 3.27. The molecule has 2 heterocycles. The van der Waals surface area contributed by atoms with E-state index in [9.17, 15) is 9.59 Å². The maximum absolute atomic E-state index is 12.7. The molecule has 1 aromatic carbocycles. The molecule has 2 unspecified atom stereocenters. The van der Waals surface area contributed by atoms with Gasteiger partial charge < -0.3 is 16.0 Å². The number of carbonyl (C=O) groups excluding carboxylic acids is 2. The monoisotopic (exact) mass is 309 g/mol. The van der Waals surface area contributed by atoms with Gasteiger partial charge in [0, 0.05) is 29.8 Å². The van der Waals surface area contributed by atoms with Gasteiger partial charge in [0.15, 0.2) is 0 Å². The van der Waals surface area contributed by atoms with E-state index < -0.39 is 5.91 Å². The van der Waals surface area contributed by atoms with Crippen LogP contribution in [0.2, 0.25) is 0 Å². The lowest BCUT2D eigenvalue weighted by Gasteiger charge is -2.28. The van der Waals surface area contributed by atoms with E-state index in [4.69, 9.17) is 5.73 Å². The molecule has 5 nitrogen and oxygen atoms in total. The minimum Gasteiger partial charge on any atom is -0.366 e. The van der Waals surface area contributed by atoms with Gasteiger partial charge in [0.25, 0.3) is 5.91 Å². The zero-order valence-corrected chi connectivity index (χ0v) is 12.6. The summed E-state index contributed by atoms with van der Waals surface area (Å²) in [5.41, 5.74) is 6.22. The maximum Gasteiger partial charge on any atom is 0.254 e. The van der Waals surface area contributed by atoms with Crippen LogP contribution in [0.25, 0.3) is 0 Å². The summed E-state index contributed by atoms with van der Waals surface area (Å²) in [4.78, 5) is 26.0. The molecule has 0 aromatic heterocycles. The first-order valence-corrected chi connectivity index (χ1v) is 7.10. The Balaban J connectivity index is 0.00000161. The summed E-state index contributed by atoms with van der Waals surface area (Å²) in [5.74, 6) is -0.482. The van der Waals surface area contributed by atoms with Crippen molar-refractivity contribution < 1.29 is 9.59 Å². The fourth-order valence-electron chi connectivity index (χ4n) is 3.27. The summed E-state index contributed by atoms with van der Waals surface area (Å²) in [6.45, 7) is 1.82. The normalized spacial score (nSPS) is 24.1. The Morgan fingerprint density at radius 3 is 2.62 bits per heavy atom. The first-order valence-electron chi connectivity index (χ1n) is 7.10. The minimum atomic E-state index is -0.500. The van der Waals surface area contributed by atoms with E-state index in [1.165, 1.54) is 0 Å². The van der Waals surface area contributed by atoms with Crippen LogP contribution in [0.1, 0.15) is 40.0 Å². The highest BCUT2D eigenvalue weighted by Gasteiger charge is 2.38. The number of nitrogens with two attached hydrogens (primary N) is 1. The van der Waals surface area contributed by atoms with Crippen LogP contribution >= 0.6 is 12.4 Å². The molecular weight excluding hydrogens is 290 g/mol. The third kappa shape index (κ3) is 3.04. The molecular formula is C15H20ClN3O2. The highest BCUT2D eigenvalue weighted by molar-refractivity contribution is 5.99. The Morgan fingerprint density at radius 2 is 1.86 bits per heavy atom. The van der Waals surface area contributed by atoms with Crippen LogP contribution in [-0.2, 0) is 0 Å². The molecule has 2 aliphatic rings. The van der Waals surface area contributed by atoms with Gasteiger partial charge in [-0.2, -0.15) is 0 Å². The molecule has 0 saturated carbocycles. The predicted octanol–water partition coefficient (Wildman–Crippen LogP) is 1.17. The number of hydrogen-bond donors (Lipinski definition) is 2. The minimum absolute atomic E-state index is 0. The third-order valence-electron chi connectivity index (χ3n) is 4.28. The number of fused-ring (bicyclic) bond motifs is 2.